The van der Waals surface area contributed by atoms with Gasteiger partial charge in [-0.05, 0) is 28.8 Å². The number of benzene rings is 4. The van der Waals surface area contributed by atoms with Crippen LogP contribution in [0.1, 0.15) is 33.0 Å². The van der Waals surface area contributed by atoms with Crippen LogP contribution in [0.3, 0.4) is 0 Å². The summed E-state index contributed by atoms with van der Waals surface area (Å²) in [7, 11) is 1.77. The normalized spacial score (nSPS) is 10.6. The Morgan fingerprint density at radius 2 is 1.18 bits per heavy atom. The molecule has 164 valence electrons. The van der Waals surface area contributed by atoms with Crippen molar-refractivity contribution in [2.24, 2.45) is 0 Å². The molecule has 0 fully saturated rings. The Kier molecular flexibility index (Phi) is 6.96. The molecule has 0 saturated heterocycles. The van der Waals surface area contributed by atoms with Gasteiger partial charge in [0, 0.05) is 13.6 Å². The molecule has 4 aromatic rings. The summed E-state index contributed by atoms with van der Waals surface area (Å²) in [6, 6.07) is 36.3. The quantitative estimate of drug-likeness (QED) is 0.404. The zero-order valence-electron chi connectivity index (χ0n) is 18.5. The van der Waals surface area contributed by atoms with Gasteiger partial charge in [0.05, 0.1) is 17.2 Å². The van der Waals surface area contributed by atoms with E-state index in [4.69, 9.17) is 0 Å². The van der Waals surface area contributed by atoms with E-state index in [1.54, 1.807) is 24.1 Å². The summed E-state index contributed by atoms with van der Waals surface area (Å²) in [5.41, 5.74) is 3.80. The zero-order chi connectivity index (χ0) is 23.0. The van der Waals surface area contributed by atoms with E-state index in [0.29, 0.717) is 17.8 Å². The number of hydrogen-bond donors (Lipinski definition) is 1. The lowest BCUT2D eigenvalue weighted by molar-refractivity contribution is -0.116. The van der Waals surface area contributed by atoms with Crippen molar-refractivity contribution < 1.29 is 9.59 Å². The fourth-order valence-corrected chi connectivity index (χ4v) is 3.90. The average molecular weight is 435 g/mol. The van der Waals surface area contributed by atoms with Gasteiger partial charge in [0.15, 0.2) is 0 Å². The Morgan fingerprint density at radius 1 is 0.697 bits per heavy atom. The molecule has 4 aromatic carbocycles. The van der Waals surface area contributed by atoms with Crippen LogP contribution in [0.5, 0.6) is 0 Å². The van der Waals surface area contributed by atoms with Crippen molar-refractivity contribution in [3.05, 3.63) is 138 Å². The second kappa shape index (κ2) is 10.4. The molecule has 0 atom stereocenters. The highest BCUT2D eigenvalue weighted by Gasteiger charge is 2.24. The van der Waals surface area contributed by atoms with Crippen molar-refractivity contribution in [3.63, 3.8) is 0 Å². The van der Waals surface area contributed by atoms with E-state index < -0.39 is 5.92 Å². The van der Waals surface area contributed by atoms with Crippen LogP contribution in [0.15, 0.2) is 115 Å². The summed E-state index contributed by atoms with van der Waals surface area (Å²) in [6.07, 6.45) is 0. The van der Waals surface area contributed by atoms with Crippen molar-refractivity contribution in [2.45, 2.75) is 12.5 Å². The van der Waals surface area contributed by atoms with Crippen LogP contribution >= 0.6 is 0 Å². The number of amides is 2. The van der Waals surface area contributed by atoms with Crippen molar-refractivity contribution in [1.29, 1.82) is 0 Å². The summed E-state index contributed by atoms with van der Waals surface area (Å²) in [6.45, 7) is 0.485. The molecule has 0 bridgehead atoms. The van der Waals surface area contributed by atoms with E-state index in [0.717, 1.165) is 16.7 Å². The lowest BCUT2D eigenvalue weighted by atomic mass is 9.90. The fourth-order valence-electron chi connectivity index (χ4n) is 3.90. The maximum absolute atomic E-state index is 13.5. The first-order valence-corrected chi connectivity index (χ1v) is 10.9. The van der Waals surface area contributed by atoms with Gasteiger partial charge in [0.2, 0.25) is 5.91 Å². The minimum Gasteiger partial charge on any atom is -0.337 e. The lowest BCUT2D eigenvalue weighted by Crippen LogP contribution is -2.28. The highest BCUT2D eigenvalue weighted by atomic mass is 16.2. The van der Waals surface area contributed by atoms with Crippen molar-refractivity contribution >= 4 is 17.5 Å². The number of carbonyl (C=O) groups is 2. The van der Waals surface area contributed by atoms with Gasteiger partial charge in [-0.1, -0.05) is 103 Å². The molecule has 33 heavy (non-hydrogen) atoms. The molecule has 2 amide bonds. The van der Waals surface area contributed by atoms with Gasteiger partial charge in [-0.3, -0.25) is 9.59 Å². The first kappa shape index (κ1) is 22.0. The van der Waals surface area contributed by atoms with E-state index in [2.05, 4.69) is 5.32 Å². The Bertz CT molecular complexity index is 1170. The number of nitrogens with zero attached hydrogens (tertiary/aromatic N) is 1. The maximum Gasteiger partial charge on any atom is 0.256 e. The minimum absolute atomic E-state index is 0.147. The lowest BCUT2D eigenvalue weighted by Gasteiger charge is -2.21. The topological polar surface area (TPSA) is 49.4 Å². The van der Waals surface area contributed by atoms with Crippen molar-refractivity contribution in [2.75, 3.05) is 12.4 Å². The fraction of sp³-hybridized carbons (Fsp3) is 0.103. The van der Waals surface area contributed by atoms with Crippen LogP contribution in [0.25, 0.3) is 0 Å². The molecule has 1 N–H and O–H groups in total. The first-order chi connectivity index (χ1) is 16.1. The number of rotatable bonds is 7. The molecular weight excluding hydrogens is 408 g/mol. The molecule has 0 heterocycles. The Morgan fingerprint density at radius 3 is 1.76 bits per heavy atom. The SMILES string of the molecule is CN(Cc1ccccc1)C(=O)c1ccccc1NC(=O)C(c1ccccc1)c1ccccc1. The second-order valence-corrected chi connectivity index (χ2v) is 7.94. The van der Waals surface area contributed by atoms with Crippen LogP contribution in [-0.4, -0.2) is 23.8 Å². The highest BCUT2D eigenvalue weighted by Crippen LogP contribution is 2.27. The Labute approximate surface area is 194 Å². The van der Waals surface area contributed by atoms with E-state index >= 15 is 0 Å². The van der Waals surface area contributed by atoms with Gasteiger partial charge in [-0.25, -0.2) is 0 Å². The summed E-state index contributed by atoms with van der Waals surface area (Å²) < 4.78 is 0. The van der Waals surface area contributed by atoms with Crippen LogP contribution in [0.4, 0.5) is 5.69 Å². The molecule has 0 aromatic heterocycles. The van der Waals surface area contributed by atoms with Gasteiger partial charge in [0.25, 0.3) is 5.91 Å². The molecule has 0 aliphatic rings. The monoisotopic (exact) mass is 434 g/mol. The largest absolute Gasteiger partial charge is 0.337 e. The number of carbonyl (C=O) groups excluding carboxylic acids is 2. The van der Waals surface area contributed by atoms with E-state index in [1.165, 1.54) is 0 Å². The maximum atomic E-state index is 13.5. The number of nitrogens with one attached hydrogen (secondary N) is 1. The van der Waals surface area contributed by atoms with Crippen LogP contribution < -0.4 is 5.32 Å². The third-order valence-electron chi connectivity index (χ3n) is 5.55. The predicted molar refractivity (Wildman–Crippen MR) is 132 cm³/mol. The molecule has 0 aliphatic heterocycles. The first-order valence-electron chi connectivity index (χ1n) is 10.9. The van der Waals surface area contributed by atoms with Gasteiger partial charge in [-0.15, -0.1) is 0 Å². The van der Waals surface area contributed by atoms with E-state index in [1.807, 2.05) is 103 Å². The van der Waals surface area contributed by atoms with Gasteiger partial charge >= 0.3 is 0 Å². The van der Waals surface area contributed by atoms with Crippen LogP contribution in [-0.2, 0) is 11.3 Å². The Hall–Kier alpha value is -4.18. The second-order valence-electron chi connectivity index (χ2n) is 7.94. The van der Waals surface area contributed by atoms with Crippen molar-refractivity contribution in [3.8, 4) is 0 Å². The van der Waals surface area contributed by atoms with Crippen molar-refractivity contribution in [1.82, 2.24) is 4.90 Å². The van der Waals surface area contributed by atoms with Gasteiger partial charge in [0.1, 0.15) is 0 Å². The molecule has 0 spiro atoms. The number of hydrogen-bond acceptors (Lipinski definition) is 2. The van der Waals surface area contributed by atoms with Gasteiger partial charge in [-0.2, -0.15) is 0 Å². The smallest absolute Gasteiger partial charge is 0.256 e. The summed E-state index contributed by atoms with van der Waals surface area (Å²) in [5.74, 6) is -0.818. The zero-order valence-corrected chi connectivity index (χ0v) is 18.5. The van der Waals surface area contributed by atoms with E-state index in [-0.39, 0.29) is 11.8 Å². The standard InChI is InChI=1S/C29H26N2O2/c1-31(21-22-13-5-2-6-14-22)29(33)25-19-11-12-20-26(25)30-28(32)27(23-15-7-3-8-16-23)24-17-9-4-10-18-24/h2-20,27H,21H2,1H3,(H,30,32). The van der Waals surface area contributed by atoms with Crippen LogP contribution in [0.2, 0.25) is 0 Å². The molecule has 4 rings (SSSR count). The molecule has 4 nitrogen and oxygen atoms in total. The molecule has 0 aliphatic carbocycles. The molecule has 4 heteroatoms. The van der Waals surface area contributed by atoms with Crippen LogP contribution in [0, 0.1) is 0 Å². The molecule has 0 radical (unpaired) electrons. The minimum atomic E-state index is -0.488. The molecule has 0 saturated carbocycles. The third-order valence-corrected chi connectivity index (χ3v) is 5.55. The number of anilines is 1. The summed E-state index contributed by atoms with van der Waals surface area (Å²) in [5, 5.41) is 3.02. The summed E-state index contributed by atoms with van der Waals surface area (Å²) >= 11 is 0. The predicted octanol–water partition coefficient (Wildman–Crippen LogP) is 5.73. The summed E-state index contributed by atoms with van der Waals surface area (Å²) in [4.78, 5) is 28.4. The number of para-hydroxylation sites is 1. The van der Waals surface area contributed by atoms with Gasteiger partial charge < -0.3 is 10.2 Å². The Balaban J connectivity index is 1.59. The average Bonchev–Trinajstić information content (AvgIpc) is 2.86. The third kappa shape index (κ3) is 5.36. The van der Waals surface area contributed by atoms with E-state index in [9.17, 15) is 9.59 Å². The molecule has 0 unspecified atom stereocenters. The highest BCUT2D eigenvalue weighted by molar-refractivity contribution is 6.05. The molecular formula is C29H26N2O2.